The number of nitrogens with one attached hydrogen (secondary N) is 1. The van der Waals surface area contributed by atoms with Crippen LogP contribution in [0.1, 0.15) is 13.8 Å². The maximum absolute atomic E-state index is 12.2. The van der Waals surface area contributed by atoms with Crippen LogP contribution >= 0.6 is 11.6 Å². The van der Waals surface area contributed by atoms with Crippen LogP contribution in [0.2, 0.25) is 5.02 Å². The average molecular weight is 405 g/mol. The van der Waals surface area contributed by atoms with Gasteiger partial charge in [0, 0.05) is 18.1 Å². The van der Waals surface area contributed by atoms with Crippen molar-refractivity contribution in [2.24, 2.45) is 0 Å². The van der Waals surface area contributed by atoms with Crippen molar-refractivity contribution in [3.05, 3.63) is 29.3 Å². The monoisotopic (exact) mass is 404 g/mol. The molecular weight excluding hydrogens is 384 g/mol. The van der Waals surface area contributed by atoms with Crippen LogP contribution in [0.25, 0.3) is 0 Å². The number of hydrogen-bond donors (Lipinski definition) is 1. The topological polar surface area (TPSA) is 102 Å². The molecule has 1 aromatic carbocycles. The SMILES string of the molecule is CC1CN(C(=O)COC(=O)[C@H](C)NS(=O)(=O)c2ccc(Cl)cc2)CCO1. The second kappa shape index (κ2) is 8.81. The molecular formula is C16H21ClN2O6S. The number of nitrogens with zero attached hydrogens (tertiary/aromatic N) is 1. The zero-order chi connectivity index (χ0) is 19.3. The number of carbonyl (C=O) groups excluding carboxylic acids is 2. The molecule has 1 heterocycles. The number of amides is 1. The summed E-state index contributed by atoms with van der Waals surface area (Å²) in [6, 6.07) is 4.37. The smallest absolute Gasteiger partial charge is 0.324 e. The fourth-order valence-electron chi connectivity index (χ4n) is 2.36. The van der Waals surface area contributed by atoms with Gasteiger partial charge in [-0.15, -0.1) is 0 Å². The van der Waals surface area contributed by atoms with Gasteiger partial charge in [0.05, 0.1) is 17.6 Å². The van der Waals surface area contributed by atoms with Gasteiger partial charge >= 0.3 is 5.97 Å². The molecule has 144 valence electrons. The van der Waals surface area contributed by atoms with E-state index in [1.165, 1.54) is 31.2 Å². The van der Waals surface area contributed by atoms with Crippen molar-refractivity contribution >= 4 is 33.5 Å². The van der Waals surface area contributed by atoms with Crippen LogP contribution in [0.4, 0.5) is 0 Å². The fourth-order valence-corrected chi connectivity index (χ4v) is 3.67. The Kier molecular flexibility index (Phi) is 6.99. The van der Waals surface area contributed by atoms with Crippen molar-refractivity contribution in [3.8, 4) is 0 Å². The molecule has 8 nitrogen and oxygen atoms in total. The Hall–Kier alpha value is -1.68. The van der Waals surface area contributed by atoms with Gasteiger partial charge in [0.2, 0.25) is 10.0 Å². The molecule has 1 fully saturated rings. The molecule has 0 bridgehead atoms. The third kappa shape index (κ3) is 5.66. The van der Waals surface area contributed by atoms with Crippen molar-refractivity contribution in [1.29, 1.82) is 0 Å². The molecule has 26 heavy (non-hydrogen) atoms. The summed E-state index contributed by atoms with van der Waals surface area (Å²) in [6.45, 7) is 4.03. The Balaban J connectivity index is 1.87. The second-order valence-electron chi connectivity index (χ2n) is 5.93. The van der Waals surface area contributed by atoms with Crippen LogP contribution in [-0.2, 0) is 29.1 Å². The molecule has 10 heteroatoms. The highest BCUT2D eigenvalue weighted by Gasteiger charge is 2.26. The number of ether oxygens (including phenoxy) is 2. The molecule has 0 saturated carbocycles. The first-order chi connectivity index (χ1) is 12.2. The first-order valence-corrected chi connectivity index (χ1v) is 9.89. The summed E-state index contributed by atoms with van der Waals surface area (Å²) in [5, 5.41) is 0.396. The van der Waals surface area contributed by atoms with Gasteiger partial charge in [-0.2, -0.15) is 4.72 Å². The van der Waals surface area contributed by atoms with Gasteiger partial charge in [0.25, 0.3) is 5.91 Å². The summed E-state index contributed by atoms with van der Waals surface area (Å²) in [5.74, 6) is -1.18. The maximum atomic E-state index is 12.2. The van der Waals surface area contributed by atoms with E-state index >= 15 is 0 Å². The number of rotatable bonds is 6. The van der Waals surface area contributed by atoms with E-state index in [9.17, 15) is 18.0 Å². The number of hydrogen-bond acceptors (Lipinski definition) is 6. The molecule has 1 N–H and O–H groups in total. The minimum Gasteiger partial charge on any atom is -0.454 e. The molecule has 1 aliphatic rings. The molecule has 2 atom stereocenters. The number of halogens is 1. The Morgan fingerprint density at radius 1 is 1.38 bits per heavy atom. The third-order valence-electron chi connectivity index (χ3n) is 3.74. The van der Waals surface area contributed by atoms with Gasteiger partial charge in [-0.3, -0.25) is 9.59 Å². The minimum absolute atomic E-state index is 0.0278. The first-order valence-electron chi connectivity index (χ1n) is 8.03. The van der Waals surface area contributed by atoms with Gasteiger partial charge < -0.3 is 14.4 Å². The van der Waals surface area contributed by atoms with Crippen LogP contribution in [0, 0.1) is 0 Å². The summed E-state index contributed by atoms with van der Waals surface area (Å²) in [5.41, 5.74) is 0. The lowest BCUT2D eigenvalue weighted by Gasteiger charge is -2.31. The van der Waals surface area contributed by atoms with Crippen LogP contribution in [-0.4, -0.2) is 63.6 Å². The Morgan fingerprint density at radius 2 is 2.04 bits per heavy atom. The van der Waals surface area contributed by atoms with Crippen molar-refractivity contribution in [2.45, 2.75) is 30.9 Å². The van der Waals surface area contributed by atoms with E-state index in [2.05, 4.69) is 4.72 Å². The largest absolute Gasteiger partial charge is 0.454 e. The molecule has 0 aromatic heterocycles. The van der Waals surface area contributed by atoms with Crippen molar-refractivity contribution < 1.29 is 27.5 Å². The zero-order valence-corrected chi connectivity index (χ0v) is 16.0. The van der Waals surface area contributed by atoms with Crippen LogP contribution in [0.15, 0.2) is 29.2 Å². The fraction of sp³-hybridized carbons (Fsp3) is 0.500. The maximum Gasteiger partial charge on any atom is 0.324 e. The van der Waals surface area contributed by atoms with Crippen molar-refractivity contribution in [1.82, 2.24) is 9.62 Å². The lowest BCUT2D eigenvalue weighted by molar-refractivity contribution is -0.155. The molecule has 0 radical (unpaired) electrons. The first kappa shape index (κ1) is 20.6. The van der Waals surface area contributed by atoms with Crippen molar-refractivity contribution in [3.63, 3.8) is 0 Å². The average Bonchev–Trinajstić information content (AvgIpc) is 2.59. The highest BCUT2D eigenvalue weighted by Crippen LogP contribution is 2.14. The normalized spacial score (nSPS) is 19.0. The molecule has 2 rings (SSSR count). The number of esters is 1. The number of morpholine rings is 1. The Labute approximate surface area is 157 Å². The van der Waals surface area contributed by atoms with E-state index in [0.29, 0.717) is 24.7 Å². The van der Waals surface area contributed by atoms with E-state index in [1.54, 1.807) is 4.90 Å². The van der Waals surface area contributed by atoms with Crippen molar-refractivity contribution in [2.75, 3.05) is 26.3 Å². The second-order valence-corrected chi connectivity index (χ2v) is 8.08. The minimum atomic E-state index is -3.91. The number of sulfonamides is 1. The van der Waals surface area contributed by atoms with Gasteiger partial charge in [-0.1, -0.05) is 11.6 Å². The lowest BCUT2D eigenvalue weighted by Crippen LogP contribution is -2.47. The van der Waals surface area contributed by atoms with Gasteiger partial charge in [0.1, 0.15) is 6.04 Å². The summed E-state index contributed by atoms with van der Waals surface area (Å²) in [4.78, 5) is 25.6. The molecule has 0 spiro atoms. The molecule has 1 unspecified atom stereocenters. The Morgan fingerprint density at radius 3 is 2.65 bits per heavy atom. The summed E-state index contributed by atoms with van der Waals surface area (Å²) < 4.78 is 36.9. The predicted octanol–water partition coefficient (Wildman–Crippen LogP) is 0.797. The van der Waals surface area contributed by atoms with E-state index in [-0.39, 0.29) is 16.9 Å². The summed E-state index contributed by atoms with van der Waals surface area (Å²) in [7, 11) is -3.91. The summed E-state index contributed by atoms with van der Waals surface area (Å²) >= 11 is 5.73. The zero-order valence-electron chi connectivity index (χ0n) is 14.5. The Bertz CT molecular complexity index is 753. The molecule has 1 amide bonds. The quantitative estimate of drug-likeness (QED) is 0.703. The van der Waals surface area contributed by atoms with Gasteiger partial charge in [-0.25, -0.2) is 8.42 Å². The van der Waals surface area contributed by atoms with E-state index in [1.807, 2.05) is 6.92 Å². The highest BCUT2D eigenvalue weighted by molar-refractivity contribution is 7.89. The van der Waals surface area contributed by atoms with E-state index in [0.717, 1.165) is 0 Å². The number of carbonyl (C=O) groups is 2. The third-order valence-corrected chi connectivity index (χ3v) is 5.55. The van der Waals surface area contributed by atoms with E-state index in [4.69, 9.17) is 21.1 Å². The van der Waals surface area contributed by atoms with Crippen LogP contribution < -0.4 is 4.72 Å². The molecule has 0 aliphatic carbocycles. The van der Waals surface area contributed by atoms with Crippen LogP contribution in [0.3, 0.4) is 0 Å². The van der Waals surface area contributed by atoms with E-state index < -0.39 is 28.6 Å². The lowest BCUT2D eigenvalue weighted by atomic mass is 10.3. The summed E-state index contributed by atoms with van der Waals surface area (Å²) in [6.07, 6.45) is -0.0755. The molecule has 1 aromatic rings. The predicted molar refractivity (Wildman–Crippen MR) is 94.2 cm³/mol. The van der Waals surface area contributed by atoms with Gasteiger partial charge in [0.15, 0.2) is 6.61 Å². The standard InChI is InChI=1S/C16H21ClN2O6S/c1-11-9-19(7-8-24-11)15(20)10-25-16(21)12(2)18-26(22,23)14-5-3-13(17)4-6-14/h3-6,11-12,18H,7-10H2,1-2H3/t11?,12-/m0/s1. The molecule has 1 saturated heterocycles. The van der Waals surface area contributed by atoms with Crippen LogP contribution in [0.5, 0.6) is 0 Å². The molecule has 1 aliphatic heterocycles. The highest BCUT2D eigenvalue weighted by atomic mass is 35.5. The number of benzene rings is 1. The van der Waals surface area contributed by atoms with Gasteiger partial charge in [-0.05, 0) is 38.1 Å².